The van der Waals surface area contributed by atoms with Gasteiger partial charge in [-0.05, 0) is 84.2 Å². The van der Waals surface area contributed by atoms with Crippen LogP contribution in [0.25, 0.3) is 0 Å². The number of hydrogen-bond acceptors (Lipinski definition) is 1. The highest BCUT2D eigenvalue weighted by Crippen LogP contribution is 2.37. The molecule has 0 amide bonds. The van der Waals surface area contributed by atoms with Crippen LogP contribution in [0, 0.1) is 17.2 Å². The Balaban J connectivity index is 1.46. The van der Waals surface area contributed by atoms with Crippen molar-refractivity contribution >= 4 is 0 Å². The van der Waals surface area contributed by atoms with Crippen LogP contribution in [0.15, 0.2) is 42.5 Å². The van der Waals surface area contributed by atoms with Crippen molar-refractivity contribution in [3.05, 3.63) is 70.3 Å². The van der Waals surface area contributed by atoms with Gasteiger partial charge < -0.3 is 0 Å². The Kier molecular flexibility index (Phi) is 4.62. The highest BCUT2D eigenvalue weighted by molar-refractivity contribution is 5.41. The summed E-state index contributed by atoms with van der Waals surface area (Å²) in [5.74, 6) is 2.32. The first-order valence-electron chi connectivity index (χ1n) is 9.84. The molecule has 0 radical (unpaired) electrons. The predicted molar refractivity (Wildman–Crippen MR) is 103 cm³/mol. The van der Waals surface area contributed by atoms with E-state index in [0.717, 1.165) is 30.2 Å². The van der Waals surface area contributed by atoms with E-state index in [1.165, 1.54) is 48.8 Å². The fourth-order valence-electron chi connectivity index (χ4n) is 4.74. The Bertz CT molecular complexity index is 773. The molecule has 0 spiro atoms. The second-order valence-corrected chi connectivity index (χ2v) is 8.16. The Morgan fingerprint density at radius 1 is 0.800 bits per heavy atom. The topological polar surface area (TPSA) is 23.8 Å². The van der Waals surface area contributed by atoms with Crippen LogP contribution >= 0.6 is 0 Å². The second-order valence-electron chi connectivity index (χ2n) is 8.16. The largest absolute Gasteiger partial charge is 0.192 e. The van der Waals surface area contributed by atoms with Crippen LogP contribution in [0.2, 0.25) is 0 Å². The van der Waals surface area contributed by atoms with Crippen molar-refractivity contribution in [3.8, 4) is 6.07 Å². The van der Waals surface area contributed by atoms with E-state index in [0.29, 0.717) is 5.92 Å². The maximum Gasteiger partial charge on any atom is 0.0991 e. The molecule has 25 heavy (non-hydrogen) atoms. The third kappa shape index (κ3) is 3.49. The second kappa shape index (κ2) is 7.04. The number of fused-ring (bicyclic) bond motifs is 1. The molecule has 128 valence electrons. The fourth-order valence-corrected chi connectivity index (χ4v) is 4.74. The van der Waals surface area contributed by atoms with Crippen LogP contribution in [0.5, 0.6) is 0 Å². The summed E-state index contributed by atoms with van der Waals surface area (Å²) in [5, 5.41) is 9.07. The number of rotatable bonds is 2. The van der Waals surface area contributed by atoms with Crippen molar-refractivity contribution in [2.45, 2.75) is 63.7 Å². The van der Waals surface area contributed by atoms with Gasteiger partial charge in [-0.2, -0.15) is 5.26 Å². The van der Waals surface area contributed by atoms with E-state index in [4.69, 9.17) is 5.26 Å². The van der Waals surface area contributed by atoms with Gasteiger partial charge in [-0.25, -0.2) is 0 Å². The standard InChI is InChI=1S/C24H27N/c1-17-2-5-19(6-3-17)20-8-10-21(11-9-20)23-13-12-22-14-18(16-25)4-7-24(22)15-23/h4,7-11,14,17,19,23H,2-3,5-6,12-13,15H2,1H3. The number of nitriles is 1. The lowest BCUT2D eigenvalue weighted by Crippen LogP contribution is -2.13. The predicted octanol–water partition coefficient (Wildman–Crippen LogP) is 6.12. The summed E-state index contributed by atoms with van der Waals surface area (Å²) in [4.78, 5) is 0. The highest BCUT2D eigenvalue weighted by atomic mass is 14.3. The van der Waals surface area contributed by atoms with Crippen LogP contribution in [-0.4, -0.2) is 0 Å². The Morgan fingerprint density at radius 3 is 2.16 bits per heavy atom. The van der Waals surface area contributed by atoms with Crippen molar-refractivity contribution in [1.29, 1.82) is 5.26 Å². The lowest BCUT2D eigenvalue weighted by atomic mass is 9.77. The molecular weight excluding hydrogens is 302 g/mol. The summed E-state index contributed by atoms with van der Waals surface area (Å²) in [6.45, 7) is 2.39. The van der Waals surface area contributed by atoms with E-state index in [-0.39, 0.29) is 0 Å². The van der Waals surface area contributed by atoms with Crippen molar-refractivity contribution < 1.29 is 0 Å². The minimum absolute atomic E-state index is 0.626. The van der Waals surface area contributed by atoms with Crippen LogP contribution < -0.4 is 0 Å². The molecule has 2 aromatic rings. The molecule has 0 saturated heterocycles. The summed E-state index contributed by atoms with van der Waals surface area (Å²) in [6.07, 6.45) is 8.89. The minimum Gasteiger partial charge on any atom is -0.192 e. The van der Waals surface area contributed by atoms with Crippen molar-refractivity contribution in [3.63, 3.8) is 0 Å². The van der Waals surface area contributed by atoms with E-state index < -0.39 is 0 Å². The molecule has 2 aromatic carbocycles. The average molecular weight is 329 g/mol. The Morgan fingerprint density at radius 2 is 1.48 bits per heavy atom. The summed E-state index contributed by atoms with van der Waals surface area (Å²) in [7, 11) is 0. The molecule has 1 atom stereocenters. The first-order valence-corrected chi connectivity index (χ1v) is 9.84. The number of aryl methyl sites for hydroxylation is 1. The molecule has 1 saturated carbocycles. The zero-order chi connectivity index (χ0) is 17.2. The van der Waals surface area contributed by atoms with Gasteiger partial charge in [0.25, 0.3) is 0 Å². The van der Waals surface area contributed by atoms with Crippen LogP contribution in [0.3, 0.4) is 0 Å². The Labute approximate surface area is 151 Å². The average Bonchev–Trinajstić information content (AvgIpc) is 2.68. The SMILES string of the molecule is CC1CCC(c2ccc(C3CCc4cc(C#N)ccc4C3)cc2)CC1. The van der Waals surface area contributed by atoms with E-state index in [2.05, 4.69) is 49.4 Å². The van der Waals surface area contributed by atoms with Gasteiger partial charge in [-0.15, -0.1) is 0 Å². The van der Waals surface area contributed by atoms with Gasteiger partial charge in [0.15, 0.2) is 0 Å². The molecule has 0 N–H and O–H groups in total. The molecule has 1 fully saturated rings. The van der Waals surface area contributed by atoms with Gasteiger partial charge >= 0.3 is 0 Å². The van der Waals surface area contributed by atoms with Gasteiger partial charge in [0, 0.05) is 0 Å². The molecule has 0 bridgehead atoms. The maximum absolute atomic E-state index is 9.07. The molecule has 4 rings (SSSR count). The van der Waals surface area contributed by atoms with Crippen LogP contribution in [0.1, 0.15) is 78.7 Å². The van der Waals surface area contributed by atoms with Crippen molar-refractivity contribution in [1.82, 2.24) is 0 Å². The zero-order valence-electron chi connectivity index (χ0n) is 15.2. The maximum atomic E-state index is 9.07. The lowest BCUT2D eigenvalue weighted by Gasteiger charge is -2.28. The van der Waals surface area contributed by atoms with E-state index in [9.17, 15) is 0 Å². The summed E-state index contributed by atoms with van der Waals surface area (Å²) >= 11 is 0. The summed E-state index contributed by atoms with van der Waals surface area (Å²) in [6, 6.07) is 18.0. The lowest BCUT2D eigenvalue weighted by molar-refractivity contribution is 0.348. The zero-order valence-corrected chi connectivity index (χ0v) is 15.2. The van der Waals surface area contributed by atoms with Crippen molar-refractivity contribution in [2.75, 3.05) is 0 Å². The summed E-state index contributed by atoms with van der Waals surface area (Å²) in [5.41, 5.74) is 6.64. The molecular formula is C24H27N. The Hall–Kier alpha value is -2.07. The molecule has 0 heterocycles. The van der Waals surface area contributed by atoms with Crippen molar-refractivity contribution in [2.24, 2.45) is 5.92 Å². The molecule has 0 aliphatic heterocycles. The molecule has 0 aromatic heterocycles. The van der Waals surface area contributed by atoms with E-state index in [1.54, 1.807) is 5.56 Å². The first kappa shape index (κ1) is 16.4. The first-order chi connectivity index (χ1) is 12.2. The van der Waals surface area contributed by atoms with Gasteiger partial charge in [-0.3, -0.25) is 0 Å². The van der Waals surface area contributed by atoms with E-state index >= 15 is 0 Å². The van der Waals surface area contributed by atoms with Gasteiger partial charge in [0.1, 0.15) is 0 Å². The molecule has 2 aliphatic carbocycles. The normalized spacial score (nSPS) is 25.8. The molecule has 1 nitrogen and oxygen atoms in total. The summed E-state index contributed by atoms with van der Waals surface area (Å²) < 4.78 is 0. The van der Waals surface area contributed by atoms with E-state index in [1.807, 2.05) is 6.07 Å². The van der Waals surface area contributed by atoms with Crippen LogP contribution in [-0.2, 0) is 12.8 Å². The number of benzene rings is 2. The highest BCUT2D eigenvalue weighted by Gasteiger charge is 2.22. The number of hydrogen-bond donors (Lipinski definition) is 0. The molecule has 1 unspecified atom stereocenters. The quantitative estimate of drug-likeness (QED) is 0.650. The monoisotopic (exact) mass is 329 g/mol. The number of nitrogens with zero attached hydrogens (tertiary/aromatic N) is 1. The third-order valence-electron chi connectivity index (χ3n) is 6.46. The molecule has 1 heteroatoms. The van der Waals surface area contributed by atoms with Gasteiger partial charge in [0.2, 0.25) is 0 Å². The fraction of sp³-hybridized carbons (Fsp3) is 0.458. The minimum atomic E-state index is 0.626. The van der Waals surface area contributed by atoms with Crippen LogP contribution in [0.4, 0.5) is 0 Å². The van der Waals surface area contributed by atoms with Gasteiger partial charge in [-0.1, -0.05) is 50.1 Å². The molecule has 2 aliphatic rings. The third-order valence-corrected chi connectivity index (χ3v) is 6.46. The smallest absolute Gasteiger partial charge is 0.0991 e. The van der Waals surface area contributed by atoms with Gasteiger partial charge in [0.05, 0.1) is 11.6 Å².